The number of rotatable bonds is 3. The number of quaternary nitrogens is 1. The molecule has 2 N–H and O–H groups in total. The second kappa shape index (κ2) is 7.01. The molecule has 0 atom stereocenters. The number of likely N-dealkylation sites (tertiary alicyclic amines) is 1. The number of fused-ring (bicyclic) bond motifs is 1. The van der Waals surface area contributed by atoms with Gasteiger partial charge in [0.05, 0.1) is 26.3 Å². The average Bonchev–Trinajstić information content (AvgIpc) is 2.74. The molecule has 1 amide bonds. The third-order valence-corrected chi connectivity index (χ3v) is 4.42. The van der Waals surface area contributed by atoms with Gasteiger partial charge in [-0.15, -0.1) is 0 Å². The number of carbonyl (C=O) groups excluding carboxylic acids is 1. The standard InChI is InChI=1S/C17H24N2O3/c1-13-5-7-19(8-6-13)12-17(20)18-14-3-4-15-16(11-14)22-10-2-9-21-15/h3-4,11,13H,2,5-10,12H2,1H3,(H,18,20)/p+1. The summed E-state index contributed by atoms with van der Waals surface area (Å²) in [5.41, 5.74) is 0.777. The lowest BCUT2D eigenvalue weighted by Crippen LogP contribution is -3.14. The summed E-state index contributed by atoms with van der Waals surface area (Å²) in [6.07, 6.45) is 3.31. The van der Waals surface area contributed by atoms with Crippen LogP contribution in [-0.2, 0) is 4.79 Å². The Morgan fingerprint density at radius 3 is 2.73 bits per heavy atom. The maximum atomic E-state index is 12.2. The van der Waals surface area contributed by atoms with Crippen LogP contribution in [-0.4, -0.2) is 38.8 Å². The highest BCUT2D eigenvalue weighted by molar-refractivity contribution is 5.91. The molecular weight excluding hydrogens is 280 g/mol. The summed E-state index contributed by atoms with van der Waals surface area (Å²) in [4.78, 5) is 13.6. The van der Waals surface area contributed by atoms with E-state index >= 15 is 0 Å². The third-order valence-electron chi connectivity index (χ3n) is 4.42. The molecule has 1 aromatic carbocycles. The molecule has 2 aliphatic heterocycles. The zero-order chi connectivity index (χ0) is 15.4. The summed E-state index contributed by atoms with van der Waals surface area (Å²) >= 11 is 0. The topological polar surface area (TPSA) is 52.0 Å². The van der Waals surface area contributed by atoms with Crippen LogP contribution in [0, 0.1) is 5.92 Å². The van der Waals surface area contributed by atoms with Crippen LogP contribution >= 0.6 is 0 Å². The highest BCUT2D eigenvalue weighted by Gasteiger charge is 2.21. The van der Waals surface area contributed by atoms with Gasteiger partial charge in [-0.05, 0) is 30.9 Å². The molecule has 2 heterocycles. The molecule has 0 aromatic heterocycles. The van der Waals surface area contributed by atoms with Gasteiger partial charge >= 0.3 is 0 Å². The minimum absolute atomic E-state index is 0.0686. The van der Waals surface area contributed by atoms with E-state index in [1.54, 1.807) is 0 Å². The van der Waals surface area contributed by atoms with Gasteiger partial charge in [0.15, 0.2) is 18.0 Å². The molecule has 0 radical (unpaired) electrons. The molecular formula is C17H25N2O3+. The van der Waals surface area contributed by atoms with Gasteiger partial charge < -0.3 is 19.7 Å². The van der Waals surface area contributed by atoms with Crippen LogP contribution in [0.2, 0.25) is 0 Å². The zero-order valence-corrected chi connectivity index (χ0v) is 13.2. The summed E-state index contributed by atoms with van der Waals surface area (Å²) in [5.74, 6) is 2.34. The first-order chi connectivity index (χ1) is 10.7. The van der Waals surface area contributed by atoms with E-state index in [0.717, 1.165) is 42.6 Å². The number of benzene rings is 1. The number of nitrogens with one attached hydrogen (secondary N) is 2. The van der Waals surface area contributed by atoms with Gasteiger partial charge in [0.1, 0.15) is 0 Å². The first-order valence-corrected chi connectivity index (χ1v) is 8.24. The molecule has 1 fully saturated rings. The first-order valence-electron chi connectivity index (χ1n) is 8.24. The van der Waals surface area contributed by atoms with Gasteiger partial charge in [0.2, 0.25) is 0 Å². The van der Waals surface area contributed by atoms with Crippen LogP contribution < -0.4 is 19.7 Å². The van der Waals surface area contributed by atoms with Crippen molar-refractivity contribution in [2.75, 3.05) is 38.2 Å². The second-order valence-electron chi connectivity index (χ2n) is 6.37. The van der Waals surface area contributed by atoms with Gasteiger partial charge in [-0.2, -0.15) is 0 Å². The maximum Gasteiger partial charge on any atom is 0.279 e. The van der Waals surface area contributed by atoms with E-state index in [0.29, 0.717) is 19.8 Å². The van der Waals surface area contributed by atoms with Gasteiger partial charge in [-0.1, -0.05) is 6.92 Å². The lowest BCUT2D eigenvalue weighted by atomic mass is 9.99. The Labute approximate surface area is 131 Å². The number of ether oxygens (including phenoxy) is 2. The Morgan fingerprint density at radius 1 is 1.23 bits per heavy atom. The van der Waals surface area contributed by atoms with Gasteiger partial charge in [0.25, 0.3) is 5.91 Å². The van der Waals surface area contributed by atoms with Crippen LogP contribution in [0.15, 0.2) is 18.2 Å². The Bertz CT molecular complexity index is 525. The van der Waals surface area contributed by atoms with E-state index in [4.69, 9.17) is 9.47 Å². The molecule has 22 heavy (non-hydrogen) atoms. The molecule has 1 aromatic rings. The number of hydrogen-bond acceptors (Lipinski definition) is 3. The van der Waals surface area contributed by atoms with Crippen molar-refractivity contribution < 1.29 is 19.2 Å². The maximum absolute atomic E-state index is 12.2. The Balaban J connectivity index is 1.56. The third kappa shape index (κ3) is 3.91. The van der Waals surface area contributed by atoms with Crippen molar-refractivity contribution in [2.45, 2.75) is 26.2 Å². The molecule has 2 aliphatic rings. The number of hydrogen-bond donors (Lipinski definition) is 2. The zero-order valence-electron chi connectivity index (χ0n) is 13.2. The number of anilines is 1. The van der Waals surface area contributed by atoms with E-state index in [9.17, 15) is 4.79 Å². The predicted octanol–water partition coefficient (Wildman–Crippen LogP) is 1.10. The largest absolute Gasteiger partial charge is 0.490 e. The van der Waals surface area contributed by atoms with E-state index in [-0.39, 0.29) is 5.91 Å². The average molecular weight is 305 g/mol. The highest BCUT2D eigenvalue weighted by Crippen LogP contribution is 2.32. The predicted molar refractivity (Wildman–Crippen MR) is 84.6 cm³/mol. The fraction of sp³-hybridized carbons (Fsp3) is 0.588. The molecule has 0 saturated carbocycles. The molecule has 0 bridgehead atoms. The van der Waals surface area contributed by atoms with Crippen molar-refractivity contribution in [1.82, 2.24) is 0 Å². The highest BCUT2D eigenvalue weighted by atomic mass is 16.5. The summed E-state index contributed by atoms with van der Waals surface area (Å²) in [6, 6.07) is 5.59. The monoisotopic (exact) mass is 305 g/mol. The molecule has 5 nitrogen and oxygen atoms in total. The quantitative estimate of drug-likeness (QED) is 0.879. The normalized spacial score (nSPS) is 24.4. The van der Waals surface area contributed by atoms with E-state index in [2.05, 4.69) is 12.2 Å². The molecule has 0 aliphatic carbocycles. The fourth-order valence-corrected chi connectivity index (χ4v) is 3.02. The molecule has 3 rings (SSSR count). The summed E-state index contributed by atoms with van der Waals surface area (Å²) in [5, 5.41) is 2.98. The van der Waals surface area contributed by atoms with Gasteiger partial charge in [0, 0.05) is 18.2 Å². The van der Waals surface area contributed by atoms with Crippen molar-refractivity contribution in [3.05, 3.63) is 18.2 Å². The lowest BCUT2D eigenvalue weighted by molar-refractivity contribution is -0.897. The van der Waals surface area contributed by atoms with Crippen molar-refractivity contribution in [3.63, 3.8) is 0 Å². The second-order valence-corrected chi connectivity index (χ2v) is 6.37. The molecule has 0 unspecified atom stereocenters. The van der Waals surface area contributed by atoms with Crippen molar-refractivity contribution in [3.8, 4) is 11.5 Å². The lowest BCUT2D eigenvalue weighted by Gasteiger charge is -2.26. The number of carbonyl (C=O) groups is 1. The molecule has 120 valence electrons. The Morgan fingerprint density at radius 2 is 1.95 bits per heavy atom. The van der Waals surface area contributed by atoms with Crippen LogP contribution in [0.25, 0.3) is 0 Å². The minimum Gasteiger partial charge on any atom is -0.490 e. The van der Waals surface area contributed by atoms with Crippen LogP contribution in [0.3, 0.4) is 0 Å². The molecule has 5 heteroatoms. The van der Waals surface area contributed by atoms with Crippen LogP contribution in [0.5, 0.6) is 11.5 Å². The summed E-state index contributed by atoms with van der Waals surface area (Å²) in [6.45, 7) is 6.34. The van der Waals surface area contributed by atoms with Crippen molar-refractivity contribution in [1.29, 1.82) is 0 Å². The molecule has 0 spiro atoms. The minimum atomic E-state index is 0.0686. The van der Waals surface area contributed by atoms with Gasteiger partial charge in [-0.25, -0.2) is 0 Å². The van der Waals surface area contributed by atoms with E-state index < -0.39 is 0 Å². The Hall–Kier alpha value is -1.75. The number of piperidine rings is 1. The summed E-state index contributed by atoms with van der Waals surface area (Å²) < 4.78 is 11.2. The van der Waals surface area contributed by atoms with E-state index in [1.807, 2.05) is 18.2 Å². The number of amides is 1. The van der Waals surface area contributed by atoms with Crippen LogP contribution in [0.4, 0.5) is 5.69 Å². The molecule has 1 saturated heterocycles. The SMILES string of the molecule is CC1CC[NH+](CC(=O)Nc2ccc3c(c2)OCCCO3)CC1. The van der Waals surface area contributed by atoms with E-state index in [1.165, 1.54) is 17.7 Å². The Kier molecular flexibility index (Phi) is 4.83. The van der Waals surface area contributed by atoms with Crippen molar-refractivity contribution >= 4 is 11.6 Å². The van der Waals surface area contributed by atoms with Gasteiger partial charge in [-0.3, -0.25) is 4.79 Å². The first kappa shape index (κ1) is 15.2. The fourth-order valence-electron chi connectivity index (χ4n) is 3.02. The van der Waals surface area contributed by atoms with Crippen LogP contribution in [0.1, 0.15) is 26.2 Å². The smallest absolute Gasteiger partial charge is 0.279 e. The van der Waals surface area contributed by atoms with Crippen molar-refractivity contribution in [2.24, 2.45) is 5.92 Å². The summed E-state index contributed by atoms with van der Waals surface area (Å²) in [7, 11) is 0.